The quantitative estimate of drug-likeness (QED) is 0.762. The summed E-state index contributed by atoms with van der Waals surface area (Å²) in [5, 5.41) is 0. The Labute approximate surface area is 107 Å². The molecule has 98 valence electrons. The number of rotatable bonds is 3. The Kier molecular flexibility index (Phi) is 4.00. The molecule has 1 aliphatic carbocycles. The number of benzene rings is 1. The lowest BCUT2D eigenvalue weighted by atomic mass is 9.82. The molecular weight excluding hydrogens is 231 g/mol. The topological polar surface area (TPSA) is 26.3 Å². The molecule has 0 amide bonds. The normalized spacial score (nSPS) is 27.8. The molecule has 1 aliphatic rings. The fourth-order valence-corrected chi connectivity index (χ4v) is 2.83. The van der Waals surface area contributed by atoms with E-state index < -0.39 is 5.82 Å². The zero-order chi connectivity index (χ0) is 13.1. The van der Waals surface area contributed by atoms with Crippen LogP contribution in [0.1, 0.15) is 43.5 Å². The predicted octanol–water partition coefficient (Wildman–Crippen LogP) is 3.84. The Morgan fingerprint density at radius 3 is 2.44 bits per heavy atom. The van der Waals surface area contributed by atoms with Crippen LogP contribution in [0.25, 0.3) is 0 Å². The lowest BCUT2D eigenvalue weighted by molar-refractivity contribution is 0.0970. The molecule has 2 unspecified atom stereocenters. The van der Waals surface area contributed by atoms with Gasteiger partial charge in [-0.2, -0.15) is 0 Å². The summed E-state index contributed by atoms with van der Waals surface area (Å²) in [6, 6.07) is 4.35. The maximum absolute atomic E-state index is 13.7. The van der Waals surface area contributed by atoms with E-state index in [0.717, 1.165) is 12.8 Å². The summed E-state index contributed by atoms with van der Waals surface area (Å²) in [5.41, 5.74) is 0.338. The second-order valence-corrected chi connectivity index (χ2v) is 5.47. The van der Waals surface area contributed by atoms with E-state index in [1.54, 1.807) is 12.1 Å². The standard InChI is InChI=1S/C15H19FO2/c1-10-5-11(2)7-13(6-10)18-15-4-3-12(9-17)8-14(15)16/h3-4,8-11,13H,5-7H2,1-2H3. The molecule has 3 heteroatoms. The van der Waals surface area contributed by atoms with Gasteiger partial charge in [-0.05, 0) is 49.3 Å². The molecule has 0 bridgehead atoms. The smallest absolute Gasteiger partial charge is 0.165 e. The molecule has 18 heavy (non-hydrogen) atoms. The summed E-state index contributed by atoms with van der Waals surface area (Å²) in [7, 11) is 0. The van der Waals surface area contributed by atoms with Crippen LogP contribution in [0.15, 0.2) is 18.2 Å². The van der Waals surface area contributed by atoms with Crippen LogP contribution in [0.2, 0.25) is 0 Å². The number of hydrogen-bond donors (Lipinski definition) is 0. The Bertz CT molecular complexity index is 421. The summed E-state index contributed by atoms with van der Waals surface area (Å²) in [5.74, 6) is 1.05. The van der Waals surface area contributed by atoms with E-state index in [1.807, 2.05) is 0 Å². The van der Waals surface area contributed by atoms with Crippen molar-refractivity contribution in [1.82, 2.24) is 0 Å². The third kappa shape index (κ3) is 3.09. The molecule has 2 rings (SSSR count). The Morgan fingerprint density at radius 1 is 1.22 bits per heavy atom. The van der Waals surface area contributed by atoms with E-state index in [-0.39, 0.29) is 11.9 Å². The fraction of sp³-hybridized carbons (Fsp3) is 0.533. The zero-order valence-electron chi connectivity index (χ0n) is 10.9. The van der Waals surface area contributed by atoms with Crippen molar-refractivity contribution >= 4 is 6.29 Å². The van der Waals surface area contributed by atoms with Crippen LogP contribution in [0.5, 0.6) is 5.75 Å². The number of hydrogen-bond acceptors (Lipinski definition) is 2. The molecule has 2 atom stereocenters. The highest BCUT2D eigenvalue weighted by atomic mass is 19.1. The molecule has 0 heterocycles. The molecular formula is C15H19FO2. The van der Waals surface area contributed by atoms with Gasteiger partial charge in [0.2, 0.25) is 0 Å². The first-order valence-electron chi connectivity index (χ1n) is 6.50. The van der Waals surface area contributed by atoms with Crippen LogP contribution in [-0.2, 0) is 0 Å². The summed E-state index contributed by atoms with van der Waals surface area (Å²) < 4.78 is 19.4. The second kappa shape index (κ2) is 5.51. The van der Waals surface area contributed by atoms with Crippen LogP contribution >= 0.6 is 0 Å². The molecule has 1 fully saturated rings. The van der Waals surface area contributed by atoms with Gasteiger partial charge in [0.15, 0.2) is 11.6 Å². The first-order valence-corrected chi connectivity index (χ1v) is 6.50. The molecule has 1 aromatic rings. The van der Waals surface area contributed by atoms with Gasteiger partial charge in [0.1, 0.15) is 6.29 Å². The lowest BCUT2D eigenvalue weighted by Gasteiger charge is -2.31. The maximum Gasteiger partial charge on any atom is 0.165 e. The third-order valence-corrected chi connectivity index (χ3v) is 3.52. The Morgan fingerprint density at radius 2 is 1.89 bits per heavy atom. The zero-order valence-corrected chi connectivity index (χ0v) is 10.9. The highest BCUT2D eigenvalue weighted by molar-refractivity contribution is 5.74. The monoisotopic (exact) mass is 250 g/mol. The van der Waals surface area contributed by atoms with E-state index in [9.17, 15) is 9.18 Å². The molecule has 1 aromatic carbocycles. The SMILES string of the molecule is CC1CC(C)CC(Oc2ccc(C=O)cc2F)C1. The summed E-state index contributed by atoms with van der Waals surface area (Å²) in [6.07, 6.45) is 3.88. The van der Waals surface area contributed by atoms with Gasteiger partial charge in [-0.25, -0.2) is 4.39 Å². The molecule has 0 aliphatic heterocycles. The van der Waals surface area contributed by atoms with Gasteiger partial charge in [0.25, 0.3) is 0 Å². The highest BCUT2D eigenvalue weighted by Crippen LogP contribution is 2.32. The molecule has 2 nitrogen and oxygen atoms in total. The molecule has 0 radical (unpaired) electrons. The van der Waals surface area contributed by atoms with Gasteiger partial charge in [0.05, 0.1) is 6.10 Å². The van der Waals surface area contributed by atoms with Crippen molar-refractivity contribution in [1.29, 1.82) is 0 Å². The minimum absolute atomic E-state index is 0.0836. The van der Waals surface area contributed by atoms with Crippen LogP contribution in [0.3, 0.4) is 0 Å². The van der Waals surface area contributed by atoms with E-state index >= 15 is 0 Å². The van der Waals surface area contributed by atoms with Gasteiger partial charge >= 0.3 is 0 Å². The predicted molar refractivity (Wildman–Crippen MR) is 68.4 cm³/mol. The minimum Gasteiger partial charge on any atom is -0.487 e. The van der Waals surface area contributed by atoms with E-state index in [2.05, 4.69) is 13.8 Å². The fourth-order valence-electron chi connectivity index (χ4n) is 2.83. The molecule has 1 saturated carbocycles. The van der Waals surface area contributed by atoms with Crippen LogP contribution in [0, 0.1) is 17.7 Å². The van der Waals surface area contributed by atoms with Crippen molar-refractivity contribution < 1.29 is 13.9 Å². The van der Waals surface area contributed by atoms with E-state index in [4.69, 9.17) is 4.74 Å². The number of ether oxygens (including phenoxy) is 1. The number of carbonyl (C=O) groups is 1. The lowest BCUT2D eigenvalue weighted by Crippen LogP contribution is -2.28. The number of aldehydes is 1. The average molecular weight is 250 g/mol. The van der Waals surface area contributed by atoms with Crippen molar-refractivity contribution in [2.45, 2.75) is 39.2 Å². The van der Waals surface area contributed by atoms with Crippen molar-refractivity contribution in [2.75, 3.05) is 0 Å². The van der Waals surface area contributed by atoms with E-state index in [0.29, 0.717) is 23.7 Å². The molecule has 0 spiro atoms. The number of carbonyl (C=O) groups excluding carboxylic acids is 1. The van der Waals surface area contributed by atoms with Crippen LogP contribution in [0.4, 0.5) is 4.39 Å². The summed E-state index contributed by atoms with van der Waals surface area (Å²) >= 11 is 0. The molecule has 0 saturated heterocycles. The summed E-state index contributed by atoms with van der Waals surface area (Å²) in [4.78, 5) is 10.5. The second-order valence-electron chi connectivity index (χ2n) is 5.47. The van der Waals surface area contributed by atoms with Crippen molar-refractivity contribution in [2.24, 2.45) is 11.8 Å². The Balaban J connectivity index is 2.06. The first kappa shape index (κ1) is 13.1. The van der Waals surface area contributed by atoms with Crippen LogP contribution < -0.4 is 4.74 Å². The maximum atomic E-state index is 13.7. The van der Waals surface area contributed by atoms with Gasteiger partial charge < -0.3 is 4.74 Å². The average Bonchev–Trinajstić information content (AvgIpc) is 2.30. The van der Waals surface area contributed by atoms with Crippen molar-refractivity contribution in [3.8, 4) is 5.75 Å². The van der Waals surface area contributed by atoms with Crippen molar-refractivity contribution in [3.05, 3.63) is 29.6 Å². The molecule has 0 N–H and O–H groups in total. The Hall–Kier alpha value is -1.38. The summed E-state index contributed by atoms with van der Waals surface area (Å²) in [6.45, 7) is 4.41. The largest absolute Gasteiger partial charge is 0.487 e. The van der Waals surface area contributed by atoms with Gasteiger partial charge in [0, 0.05) is 5.56 Å². The molecule has 0 aromatic heterocycles. The van der Waals surface area contributed by atoms with Gasteiger partial charge in [-0.15, -0.1) is 0 Å². The number of halogens is 1. The minimum atomic E-state index is -0.453. The van der Waals surface area contributed by atoms with Gasteiger partial charge in [-0.3, -0.25) is 4.79 Å². The van der Waals surface area contributed by atoms with Crippen molar-refractivity contribution in [3.63, 3.8) is 0 Å². The first-order chi connectivity index (χ1) is 8.58. The van der Waals surface area contributed by atoms with E-state index in [1.165, 1.54) is 12.5 Å². The van der Waals surface area contributed by atoms with Gasteiger partial charge in [-0.1, -0.05) is 13.8 Å². The van der Waals surface area contributed by atoms with Crippen LogP contribution in [-0.4, -0.2) is 12.4 Å². The third-order valence-electron chi connectivity index (χ3n) is 3.52. The highest BCUT2D eigenvalue weighted by Gasteiger charge is 2.25.